The highest BCUT2D eigenvalue weighted by Gasteiger charge is 2.29. The van der Waals surface area contributed by atoms with E-state index in [9.17, 15) is 4.79 Å². The number of rotatable bonds is 6. The molecule has 41 heavy (non-hydrogen) atoms. The molecule has 0 radical (unpaired) electrons. The fourth-order valence-electron chi connectivity index (χ4n) is 6.12. The summed E-state index contributed by atoms with van der Waals surface area (Å²) >= 11 is 6.16. The molecule has 2 aliphatic heterocycles. The molecule has 8 heteroatoms. The number of carbonyl (C=O) groups excluding carboxylic acids is 1. The quantitative estimate of drug-likeness (QED) is 0.297. The molecule has 2 atom stereocenters. The number of nitrogens with one attached hydrogen (secondary N) is 1. The molecule has 1 aromatic heterocycles. The summed E-state index contributed by atoms with van der Waals surface area (Å²) < 4.78 is 2.21. The zero-order valence-corrected chi connectivity index (χ0v) is 24.7. The van der Waals surface area contributed by atoms with Crippen LogP contribution in [-0.2, 0) is 11.2 Å². The van der Waals surface area contributed by atoms with E-state index in [-0.39, 0.29) is 17.9 Å². The van der Waals surface area contributed by atoms with Crippen molar-refractivity contribution < 1.29 is 4.79 Å². The number of aromatic nitrogens is 3. The van der Waals surface area contributed by atoms with Gasteiger partial charge in [0, 0.05) is 56.3 Å². The fraction of sp³-hybridized carbons (Fsp3) is 0.364. The van der Waals surface area contributed by atoms with E-state index in [1.54, 1.807) is 6.92 Å². The maximum absolute atomic E-state index is 11.6. The molecule has 0 aliphatic carbocycles. The molecular formula is C33H37ClN6O. The van der Waals surface area contributed by atoms with Gasteiger partial charge >= 0.3 is 0 Å². The first-order valence-electron chi connectivity index (χ1n) is 14.5. The van der Waals surface area contributed by atoms with Gasteiger partial charge in [0.2, 0.25) is 5.91 Å². The number of hydrogen-bond acceptors (Lipinski definition) is 5. The average molecular weight is 569 g/mol. The lowest BCUT2D eigenvalue weighted by atomic mass is 9.93. The minimum absolute atomic E-state index is 0.102. The maximum atomic E-state index is 11.6. The van der Waals surface area contributed by atoms with Gasteiger partial charge in [-0.2, -0.15) is 0 Å². The Morgan fingerprint density at radius 3 is 2.37 bits per heavy atom. The van der Waals surface area contributed by atoms with Gasteiger partial charge in [-0.1, -0.05) is 48.9 Å². The predicted molar refractivity (Wildman–Crippen MR) is 165 cm³/mol. The maximum Gasteiger partial charge on any atom is 0.219 e. The van der Waals surface area contributed by atoms with Crippen molar-refractivity contribution in [3.05, 3.63) is 94.5 Å². The Hall–Kier alpha value is -3.68. The summed E-state index contributed by atoms with van der Waals surface area (Å²) in [7, 11) is 0. The standard InChI is InChI=1S/C33H37ClN6O/c1-22-20-31(35-29-11-9-28(34)10-12-29)30-21-27(8-13-32(30)40-23(2)36-37-33(22)40)26-6-4-25(5-7-26)14-15-38-16-18-39(19-17-38)24(3)41/h4-13,21-22,31,35H,14-20H2,1-3H3. The largest absolute Gasteiger partial charge is 0.378 e. The van der Waals surface area contributed by atoms with Crippen LogP contribution in [0.2, 0.25) is 5.02 Å². The highest BCUT2D eigenvalue weighted by molar-refractivity contribution is 6.30. The van der Waals surface area contributed by atoms with Gasteiger partial charge in [0.05, 0.1) is 11.7 Å². The van der Waals surface area contributed by atoms with Crippen molar-refractivity contribution in [2.24, 2.45) is 0 Å². The van der Waals surface area contributed by atoms with Crippen LogP contribution in [0.4, 0.5) is 5.69 Å². The molecule has 4 aromatic rings. The van der Waals surface area contributed by atoms with Crippen molar-refractivity contribution in [2.75, 3.05) is 38.0 Å². The first-order chi connectivity index (χ1) is 19.9. The molecule has 212 valence electrons. The monoisotopic (exact) mass is 568 g/mol. The van der Waals surface area contributed by atoms with Crippen molar-refractivity contribution in [1.82, 2.24) is 24.6 Å². The predicted octanol–water partition coefficient (Wildman–Crippen LogP) is 6.26. The minimum Gasteiger partial charge on any atom is -0.378 e. The van der Waals surface area contributed by atoms with Crippen LogP contribution in [0.5, 0.6) is 0 Å². The van der Waals surface area contributed by atoms with E-state index >= 15 is 0 Å². The van der Waals surface area contributed by atoms with Gasteiger partial charge in [0.1, 0.15) is 11.6 Å². The Bertz CT molecular complexity index is 1520. The van der Waals surface area contributed by atoms with E-state index in [0.717, 1.165) is 73.6 Å². The van der Waals surface area contributed by atoms with Gasteiger partial charge in [-0.25, -0.2) is 0 Å². The van der Waals surface area contributed by atoms with Gasteiger partial charge in [-0.3, -0.25) is 14.3 Å². The van der Waals surface area contributed by atoms with Gasteiger partial charge < -0.3 is 10.2 Å². The lowest BCUT2D eigenvalue weighted by molar-refractivity contribution is -0.130. The number of halogens is 1. The Kier molecular flexibility index (Phi) is 7.82. The highest BCUT2D eigenvalue weighted by atomic mass is 35.5. The van der Waals surface area contributed by atoms with Crippen molar-refractivity contribution in [2.45, 2.75) is 45.6 Å². The molecule has 1 saturated heterocycles. The van der Waals surface area contributed by atoms with Crippen LogP contribution in [0, 0.1) is 6.92 Å². The van der Waals surface area contributed by atoms with Crippen LogP contribution in [0.3, 0.4) is 0 Å². The number of nitrogens with zero attached hydrogens (tertiary/aromatic N) is 5. The molecule has 3 heterocycles. The lowest BCUT2D eigenvalue weighted by Gasteiger charge is -2.34. The van der Waals surface area contributed by atoms with E-state index < -0.39 is 0 Å². The van der Waals surface area contributed by atoms with Crippen molar-refractivity contribution in [1.29, 1.82) is 0 Å². The molecule has 0 saturated carbocycles. The van der Waals surface area contributed by atoms with Crippen LogP contribution >= 0.6 is 11.6 Å². The zero-order valence-electron chi connectivity index (χ0n) is 24.0. The lowest BCUT2D eigenvalue weighted by Crippen LogP contribution is -2.48. The third-order valence-electron chi connectivity index (χ3n) is 8.53. The number of aryl methyl sites for hydroxylation is 1. The first kappa shape index (κ1) is 27.5. The summed E-state index contributed by atoms with van der Waals surface area (Å²) in [4.78, 5) is 16.0. The smallest absolute Gasteiger partial charge is 0.219 e. The Balaban J connectivity index is 1.24. The van der Waals surface area contributed by atoms with E-state index in [4.69, 9.17) is 11.6 Å². The van der Waals surface area contributed by atoms with E-state index in [0.29, 0.717) is 0 Å². The molecule has 1 N–H and O–H groups in total. The van der Waals surface area contributed by atoms with Gasteiger partial charge in [0.15, 0.2) is 0 Å². The number of fused-ring (bicyclic) bond motifs is 3. The summed E-state index contributed by atoms with van der Waals surface area (Å²) in [5, 5.41) is 13.5. The molecule has 1 fully saturated rings. The van der Waals surface area contributed by atoms with Crippen molar-refractivity contribution in [3.8, 4) is 16.8 Å². The molecule has 1 amide bonds. The molecule has 2 unspecified atom stereocenters. The summed E-state index contributed by atoms with van der Waals surface area (Å²) in [6.07, 6.45) is 1.90. The number of amides is 1. The van der Waals surface area contributed by atoms with E-state index in [1.807, 2.05) is 36.1 Å². The van der Waals surface area contributed by atoms with Crippen LogP contribution in [0.1, 0.15) is 55.0 Å². The summed E-state index contributed by atoms with van der Waals surface area (Å²) in [5.74, 6) is 2.32. The van der Waals surface area contributed by atoms with Crippen molar-refractivity contribution in [3.63, 3.8) is 0 Å². The second kappa shape index (κ2) is 11.7. The number of anilines is 1. The highest BCUT2D eigenvalue weighted by Crippen LogP contribution is 2.40. The summed E-state index contributed by atoms with van der Waals surface area (Å²) in [6.45, 7) is 10.5. The average Bonchev–Trinajstić information content (AvgIpc) is 3.33. The number of piperazine rings is 1. The second-order valence-corrected chi connectivity index (χ2v) is 11.8. The van der Waals surface area contributed by atoms with Gasteiger partial charge in [-0.05, 0) is 78.4 Å². The molecule has 6 rings (SSSR count). The van der Waals surface area contributed by atoms with Crippen LogP contribution in [0.15, 0.2) is 66.7 Å². The SMILES string of the molecule is CC(=O)N1CCN(CCc2ccc(-c3ccc4c(c3)C(Nc3ccc(Cl)cc3)CC(C)c3nnc(C)n3-4)cc2)CC1. The first-order valence-corrected chi connectivity index (χ1v) is 14.9. The Labute approximate surface area is 247 Å². The molecular weight excluding hydrogens is 532 g/mol. The molecule has 7 nitrogen and oxygen atoms in total. The third-order valence-corrected chi connectivity index (χ3v) is 8.78. The van der Waals surface area contributed by atoms with Crippen LogP contribution in [0.25, 0.3) is 16.8 Å². The normalized spacial score (nSPS) is 18.9. The van der Waals surface area contributed by atoms with Crippen molar-refractivity contribution >= 4 is 23.2 Å². The fourth-order valence-corrected chi connectivity index (χ4v) is 6.25. The Morgan fingerprint density at radius 1 is 0.951 bits per heavy atom. The van der Waals surface area contributed by atoms with Gasteiger partial charge in [-0.15, -0.1) is 10.2 Å². The van der Waals surface area contributed by atoms with Crippen LogP contribution < -0.4 is 5.32 Å². The number of carbonyl (C=O) groups is 1. The molecule has 3 aromatic carbocycles. The number of benzene rings is 3. The van der Waals surface area contributed by atoms with Gasteiger partial charge in [0.25, 0.3) is 0 Å². The van der Waals surface area contributed by atoms with E-state index in [2.05, 4.69) is 74.4 Å². The summed E-state index contributed by atoms with van der Waals surface area (Å²) in [5.41, 5.74) is 7.14. The molecule has 0 bridgehead atoms. The Morgan fingerprint density at radius 2 is 1.66 bits per heavy atom. The molecule has 2 aliphatic rings. The van der Waals surface area contributed by atoms with E-state index in [1.165, 1.54) is 22.3 Å². The third kappa shape index (κ3) is 5.88. The minimum atomic E-state index is 0.102. The molecule has 0 spiro atoms. The zero-order chi connectivity index (χ0) is 28.5. The second-order valence-electron chi connectivity index (χ2n) is 11.3. The van der Waals surface area contributed by atoms with Crippen LogP contribution in [-0.4, -0.2) is 63.2 Å². The summed E-state index contributed by atoms with van der Waals surface area (Å²) in [6, 6.07) is 23.8. The topological polar surface area (TPSA) is 66.3 Å². The number of hydrogen-bond donors (Lipinski definition) is 1.